The third kappa shape index (κ3) is 1.97. The van der Waals surface area contributed by atoms with Gasteiger partial charge < -0.3 is 5.11 Å². The van der Waals surface area contributed by atoms with Crippen molar-refractivity contribution in [3.8, 4) is 0 Å². The molecular formula is C17H14ClNO2. The molecule has 106 valence electrons. The van der Waals surface area contributed by atoms with Gasteiger partial charge in [0.1, 0.15) is 0 Å². The van der Waals surface area contributed by atoms with Crippen LogP contribution in [0, 0.1) is 0 Å². The molecular weight excluding hydrogens is 286 g/mol. The normalized spacial score (nSPS) is 20.5. The van der Waals surface area contributed by atoms with Crippen LogP contribution < -0.4 is 0 Å². The molecule has 0 saturated heterocycles. The summed E-state index contributed by atoms with van der Waals surface area (Å²) < 4.78 is 0. The lowest BCUT2D eigenvalue weighted by molar-refractivity contribution is -0.0444. The van der Waals surface area contributed by atoms with Crippen LogP contribution in [0.15, 0.2) is 61.2 Å². The van der Waals surface area contributed by atoms with Crippen LogP contribution in [0.5, 0.6) is 0 Å². The van der Waals surface area contributed by atoms with E-state index in [0.29, 0.717) is 21.7 Å². The quantitative estimate of drug-likeness (QED) is 0.884. The number of carbonyl (C=O) groups is 1. The summed E-state index contributed by atoms with van der Waals surface area (Å²) in [6, 6.07) is 14.0. The zero-order chi connectivity index (χ0) is 15.0. The fraction of sp³-hybridized carbons (Fsp3) is 0.118. The Morgan fingerprint density at radius 1 is 1.19 bits per heavy atom. The summed E-state index contributed by atoms with van der Waals surface area (Å²) in [7, 11) is 0. The van der Waals surface area contributed by atoms with E-state index in [1.54, 1.807) is 48.5 Å². The van der Waals surface area contributed by atoms with E-state index in [0.717, 1.165) is 0 Å². The van der Waals surface area contributed by atoms with Crippen molar-refractivity contribution in [2.24, 2.45) is 0 Å². The highest BCUT2D eigenvalue weighted by Gasteiger charge is 2.49. The van der Waals surface area contributed by atoms with Crippen LogP contribution in [0.25, 0.3) is 0 Å². The SMILES string of the molecule is C=CCN1C(=O)c2ccccc2[C@@]1(O)c1ccc(Cl)cc1. The Bertz CT molecular complexity index is 711. The molecule has 3 rings (SSSR count). The predicted molar refractivity (Wildman–Crippen MR) is 82.1 cm³/mol. The maximum Gasteiger partial charge on any atom is 0.257 e. The number of benzene rings is 2. The average Bonchev–Trinajstić information content (AvgIpc) is 2.72. The first kappa shape index (κ1) is 13.9. The molecule has 0 aliphatic carbocycles. The Labute approximate surface area is 128 Å². The minimum Gasteiger partial charge on any atom is -0.363 e. The molecule has 0 aromatic heterocycles. The number of halogens is 1. The highest BCUT2D eigenvalue weighted by Crippen LogP contribution is 2.42. The van der Waals surface area contributed by atoms with Crippen molar-refractivity contribution < 1.29 is 9.90 Å². The van der Waals surface area contributed by atoms with Crippen LogP contribution in [-0.4, -0.2) is 22.5 Å². The van der Waals surface area contributed by atoms with Gasteiger partial charge in [-0.1, -0.05) is 48.0 Å². The zero-order valence-corrected chi connectivity index (χ0v) is 12.0. The largest absolute Gasteiger partial charge is 0.363 e. The Hall–Kier alpha value is -2.10. The number of rotatable bonds is 3. The van der Waals surface area contributed by atoms with Gasteiger partial charge in [-0.3, -0.25) is 9.69 Å². The molecule has 2 aromatic carbocycles. The van der Waals surface area contributed by atoms with Crippen LogP contribution in [0.1, 0.15) is 21.5 Å². The highest BCUT2D eigenvalue weighted by molar-refractivity contribution is 6.30. The third-order valence-corrected chi connectivity index (χ3v) is 3.98. The van der Waals surface area contributed by atoms with Crippen molar-refractivity contribution in [3.63, 3.8) is 0 Å². The maximum absolute atomic E-state index is 12.5. The number of hydrogen-bond donors (Lipinski definition) is 1. The van der Waals surface area contributed by atoms with E-state index in [1.807, 2.05) is 6.07 Å². The topological polar surface area (TPSA) is 40.5 Å². The molecule has 0 spiro atoms. The first-order chi connectivity index (χ1) is 10.1. The molecule has 1 aliphatic rings. The fourth-order valence-corrected chi connectivity index (χ4v) is 2.88. The molecule has 1 amide bonds. The van der Waals surface area contributed by atoms with E-state index in [2.05, 4.69) is 6.58 Å². The maximum atomic E-state index is 12.5. The number of nitrogens with zero attached hydrogens (tertiary/aromatic N) is 1. The van der Waals surface area contributed by atoms with E-state index in [1.165, 1.54) is 4.90 Å². The molecule has 0 fully saturated rings. The van der Waals surface area contributed by atoms with Crippen molar-refractivity contribution in [3.05, 3.63) is 82.9 Å². The molecule has 4 heteroatoms. The average molecular weight is 300 g/mol. The summed E-state index contributed by atoms with van der Waals surface area (Å²) in [6.45, 7) is 3.93. The second-order valence-electron chi connectivity index (χ2n) is 4.93. The van der Waals surface area contributed by atoms with Gasteiger partial charge >= 0.3 is 0 Å². The van der Waals surface area contributed by atoms with Gasteiger partial charge in [0.2, 0.25) is 0 Å². The molecule has 3 nitrogen and oxygen atoms in total. The van der Waals surface area contributed by atoms with E-state index >= 15 is 0 Å². The summed E-state index contributed by atoms with van der Waals surface area (Å²) in [4.78, 5) is 13.9. The van der Waals surface area contributed by atoms with Crippen molar-refractivity contribution in [1.29, 1.82) is 0 Å². The van der Waals surface area contributed by atoms with E-state index in [9.17, 15) is 9.90 Å². The Morgan fingerprint density at radius 3 is 2.52 bits per heavy atom. The van der Waals surface area contributed by atoms with Crippen LogP contribution in [0.4, 0.5) is 0 Å². The first-order valence-corrected chi connectivity index (χ1v) is 6.97. The summed E-state index contributed by atoms with van der Waals surface area (Å²) in [5, 5.41) is 11.9. The van der Waals surface area contributed by atoms with Crippen LogP contribution in [0.2, 0.25) is 5.02 Å². The third-order valence-electron chi connectivity index (χ3n) is 3.73. The minimum absolute atomic E-state index is 0.206. The number of aliphatic hydroxyl groups is 1. The van der Waals surface area contributed by atoms with Gasteiger partial charge in [0.15, 0.2) is 5.72 Å². The van der Waals surface area contributed by atoms with Gasteiger partial charge in [0.05, 0.1) is 0 Å². The van der Waals surface area contributed by atoms with E-state index < -0.39 is 5.72 Å². The lowest BCUT2D eigenvalue weighted by Crippen LogP contribution is -2.44. The van der Waals surface area contributed by atoms with Crippen molar-refractivity contribution in [2.75, 3.05) is 6.54 Å². The molecule has 1 atom stereocenters. The highest BCUT2D eigenvalue weighted by atomic mass is 35.5. The van der Waals surface area contributed by atoms with Gasteiger partial charge in [0.25, 0.3) is 5.91 Å². The number of amides is 1. The molecule has 0 bridgehead atoms. The summed E-state index contributed by atoms with van der Waals surface area (Å²) in [5.74, 6) is -0.206. The number of hydrogen-bond acceptors (Lipinski definition) is 2. The second-order valence-corrected chi connectivity index (χ2v) is 5.37. The molecule has 1 N–H and O–H groups in total. The minimum atomic E-state index is -1.49. The van der Waals surface area contributed by atoms with Gasteiger partial charge in [0, 0.05) is 28.3 Å². The lowest BCUT2D eigenvalue weighted by atomic mass is 9.94. The Balaban J connectivity index is 2.23. The Morgan fingerprint density at radius 2 is 1.86 bits per heavy atom. The van der Waals surface area contributed by atoms with Gasteiger partial charge in [-0.2, -0.15) is 0 Å². The van der Waals surface area contributed by atoms with Gasteiger partial charge in [-0.05, 0) is 18.2 Å². The molecule has 0 unspecified atom stereocenters. The molecule has 2 aromatic rings. The smallest absolute Gasteiger partial charge is 0.257 e. The van der Waals surface area contributed by atoms with Crippen molar-refractivity contribution in [1.82, 2.24) is 4.90 Å². The summed E-state index contributed by atoms with van der Waals surface area (Å²) in [5.41, 5.74) is 0.204. The van der Waals surface area contributed by atoms with Crippen LogP contribution >= 0.6 is 11.6 Å². The van der Waals surface area contributed by atoms with Crippen LogP contribution in [-0.2, 0) is 5.72 Å². The zero-order valence-electron chi connectivity index (χ0n) is 11.3. The molecule has 1 aliphatic heterocycles. The molecule has 1 heterocycles. The van der Waals surface area contributed by atoms with E-state index in [4.69, 9.17) is 11.6 Å². The van der Waals surface area contributed by atoms with Crippen molar-refractivity contribution in [2.45, 2.75) is 5.72 Å². The van der Waals surface area contributed by atoms with Gasteiger partial charge in [-0.25, -0.2) is 0 Å². The number of fused-ring (bicyclic) bond motifs is 1. The Kier molecular flexibility index (Phi) is 3.32. The second kappa shape index (κ2) is 5.02. The standard InChI is InChI=1S/C17H14ClNO2/c1-2-11-19-16(20)14-5-3-4-6-15(14)17(19,21)12-7-9-13(18)10-8-12/h2-10,21H,1,11H2/t17-/m0/s1. The van der Waals surface area contributed by atoms with Gasteiger partial charge in [-0.15, -0.1) is 6.58 Å². The first-order valence-electron chi connectivity index (χ1n) is 6.60. The summed E-state index contributed by atoms with van der Waals surface area (Å²) in [6.07, 6.45) is 1.60. The van der Waals surface area contributed by atoms with Crippen LogP contribution in [0.3, 0.4) is 0 Å². The lowest BCUT2D eigenvalue weighted by Gasteiger charge is -2.34. The van der Waals surface area contributed by atoms with E-state index in [-0.39, 0.29) is 12.5 Å². The van der Waals surface area contributed by atoms with Crippen molar-refractivity contribution >= 4 is 17.5 Å². The molecule has 21 heavy (non-hydrogen) atoms. The molecule has 0 radical (unpaired) electrons. The summed E-state index contributed by atoms with van der Waals surface area (Å²) >= 11 is 5.91. The molecule has 0 saturated carbocycles. The fourth-order valence-electron chi connectivity index (χ4n) is 2.75. The monoisotopic (exact) mass is 299 g/mol. The predicted octanol–water partition coefficient (Wildman–Crippen LogP) is 3.18. The number of carbonyl (C=O) groups excluding carboxylic acids is 1.